The molecule has 3 rings (SSSR count). The van der Waals surface area contributed by atoms with Crippen molar-refractivity contribution in [1.29, 1.82) is 0 Å². The molecule has 1 aliphatic carbocycles. The standard InChI is InChI=1S/C20H29FN2O2/c21-18-13-16(5-7-19(18)23-11-9-17(24)10-12-23)14-22-20(25)8-6-15-3-1-2-4-15/h5,7,13,15,17,24H,1-4,6,8-12,14H2,(H,22,25). The molecule has 0 aromatic heterocycles. The zero-order chi connectivity index (χ0) is 17.6. The van der Waals surface area contributed by atoms with Crippen molar-refractivity contribution in [3.8, 4) is 0 Å². The van der Waals surface area contributed by atoms with Gasteiger partial charge in [0, 0.05) is 26.1 Å². The lowest BCUT2D eigenvalue weighted by Crippen LogP contribution is -2.36. The predicted octanol–water partition coefficient (Wildman–Crippen LogP) is 3.37. The molecule has 0 spiro atoms. The average Bonchev–Trinajstić information content (AvgIpc) is 3.13. The minimum Gasteiger partial charge on any atom is -0.393 e. The molecule has 1 amide bonds. The van der Waals surface area contributed by atoms with Crippen molar-refractivity contribution >= 4 is 11.6 Å². The molecular weight excluding hydrogens is 319 g/mol. The van der Waals surface area contributed by atoms with Gasteiger partial charge in [0.2, 0.25) is 5.91 Å². The van der Waals surface area contributed by atoms with Crippen molar-refractivity contribution in [3.05, 3.63) is 29.6 Å². The first-order chi connectivity index (χ1) is 12.1. The third-order valence-electron chi connectivity index (χ3n) is 5.56. The van der Waals surface area contributed by atoms with Crippen LogP contribution in [0.2, 0.25) is 0 Å². The summed E-state index contributed by atoms with van der Waals surface area (Å²) in [6.45, 7) is 1.73. The zero-order valence-electron chi connectivity index (χ0n) is 14.8. The Morgan fingerprint density at radius 1 is 1.20 bits per heavy atom. The van der Waals surface area contributed by atoms with Crippen molar-refractivity contribution in [2.75, 3.05) is 18.0 Å². The van der Waals surface area contributed by atoms with E-state index in [-0.39, 0.29) is 17.8 Å². The van der Waals surface area contributed by atoms with E-state index in [1.54, 1.807) is 6.07 Å². The fourth-order valence-electron chi connectivity index (χ4n) is 3.95. The number of piperidine rings is 1. The van der Waals surface area contributed by atoms with E-state index in [1.165, 1.54) is 31.7 Å². The average molecular weight is 348 g/mol. The highest BCUT2D eigenvalue weighted by Crippen LogP contribution is 2.28. The fraction of sp³-hybridized carbons (Fsp3) is 0.650. The van der Waals surface area contributed by atoms with Gasteiger partial charge in [-0.05, 0) is 42.9 Å². The number of aliphatic hydroxyl groups excluding tert-OH is 1. The summed E-state index contributed by atoms with van der Waals surface area (Å²) >= 11 is 0. The fourth-order valence-corrected chi connectivity index (χ4v) is 3.95. The summed E-state index contributed by atoms with van der Waals surface area (Å²) in [7, 11) is 0. The number of anilines is 1. The highest BCUT2D eigenvalue weighted by Gasteiger charge is 2.20. The molecule has 1 aliphatic heterocycles. The number of nitrogens with one attached hydrogen (secondary N) is 1. The minimum absolute atomic E-state index is 0.0569. The molecule has 138 valence electrons. The smallest absolute Gasteiger partial charge is 0.220 e. The van der Waals surface area contributed by atoms with E-state index in [4.69, 9.17) is 0 Å². The van der Waals surface area contributed by atoms with Gasteiger partial charge in [-0.2, -0.15) is 0 Å². The summed E-state index contributed by atoms with van der Waals surface area (Å²) < 4.78 is 14.4. The summed E-state index contributed by atoms with van der Waals surface area (Å²) in [6.07, 6.45) is 7.75. The second-order valence-electron chi connectivity index (χ2n) is 7.47. The molecule has 0 atom stereocenters. The number of benzene rings is 1. The van der Waals surface area contributed by atoms with E-state index < -0.39 is 0 Å². The highest BCUT2D eigenvalue weighted by atomic mass is 19.1. The summed E-state index contributed by atoms with van der Waals surface area (Å²) in [5.74, 6) is 0.515. The highest BCUT2D eigenvalue weighted by molar-refractivity contribution is 5.75. The van der Waals surface area contributed by atoms with Crippen LogP contribution in [0.15, 0.2) is 18.2 Å². The van der Waals surface area contributed by atoms with Crippen molar-refractivity contribution in [1.82, 2.24) is 5.32 Å². The molecule has 1 saturated heterocycles. The molecule has 1 aromatic rings. The van der Waals surface area contributed by atoms with Crippen LogP contribution < -0.4 is 10.2 Å². The predicted molar refractivity (Wildman–Crippen MR) is 96.9 cm³/mol. The molecular formula is C20H29FN2O2. The third kappa shape index (κ3) is 5.18. The van der Waals surface area contributed by atoms with Crippen LogP contribution in [0.3, 0.4) is 0 Å². The first kappa shape index (κ1) is 18.2. The van der Waals surface area contributed by atoms with E-state index in [1.807, 2.05) is 11.0 Å². The number of carbonyl (C=O) groups excluding carboxylic acids is 1. The van der Waals surface area contributed by atoms with E-state index >= 15 is 0 Å². The maximum Gasteiger partial charge on any atom is 0.220 e. The van der Waals surface area contributed by atoms with Gasteiger partial charge in [-0.1, -0.05) is 31.7 Å². The Bertz CT molecular complexity index is 579. The Morgan fingerprint density at radius 3 is 2.60 bits per heavy atom. The first-order valence-corrected chi connectivity index (χ1v) is 9.60. The van der Waals surface area contributed by atoms with Gasteiger partial charge in [0.1, 0.15) is 5.82 Å². The van der Waals surface area contributed by atoms with Crippen molar-refractivity contribution in [3.63, 3.8) is 0 Å². The summed E-state index contributed by atoms with van der Waals surface area (Å²) in [6, 6.07) is 5.17. The van der Waals surface area contributed by atoms with Gasteiger partial charge in [-0.3, -0.25) is 4.79 Å². The molecule has 0 bridgehead atoms. The van der Waals surface area contributed by atoms with Crippen LogP contribution in [0.1, 0.15) is 56.9 Å². The summed E-state index contributed by atoms with van der Waals surface area (Å²) in [5, 5.41) is 12.5. The number of halogens is 1. The molecule has 4 nitrogen and oxygen atoms in total. The van der Waals surface area contributed by atoms with Crippen LogP contribution in [0.5, 0.6) is 0 Å². The van der Waals surface area contributed by atoms with Gasteiger partial charge in [-0.25, -0.2) is 4.39 Å². The van der Waals surface area contributed by atoms with Crippen LogP contribution in [0.25, 0.3) is 0 Å². The lowest BCUT2D eigenvalue weighted by atomic mass is 10.0. The maximum absolute atomic E-state index is 14.4. The SMILES string of the molecule is O=C(CCC1CCCC1)NCc1ccc(N2CCC(O)CC2)c(F)c1. The molecule has 2 fully saturated rings. The second-order valence-corrected chi connectivity index (χ2v) is 7.47. The summed E-state index contributed by atoms with van der Waals surface area (Å²) in [5.41, 5.74) is 1.37. The minimum atomic E-state index is -0.266. The summed E-state index contributed by atoms with van der Waals surface area (Å²) in [4.78, 5) is 13.9. The van der Waals surface area contributed by atoms with Crippen molar-refractivity contribution < 1.29 is 14.3 Å². The lowest BCUT2D eigenvalue weighted by molar-refractivity contribution is -0.121. The largest absolute Gasteiger partial charge is 0.393 e. The van der Waals surface area contributed by atoms with Crippen LogP contribution >= 0.6 is 0 Å². The van der Waals surface area contributed by atoms with E-state index in [2.05, 4.69) is 5.32 Å². The number of nitrogens with zero attached hydrogens (tertiary/aromatic N) is 1. The van der Waals surface area contributed by atoms with Crippen molar-refractivity contribution in [2.45, 2.75) is 64.0 Å². The van der Waals surface area contributed by atoms with Gasteiger partial charge < -0.3 is 15.3 Å². The van der Waals surface area contributed by atoms with Crippen LogP contribution in [0, 0.1) is 11.7 Å². The number of amides is 1. The topological polar surface area (TPSA) is 52.6 Å². The van der Waals surface area contributed by atoms with Crippen LogP contribution in [-0.4, -0.2) is 30.2 Å². The van der Waals surface area contributed by atoms with Crippen molar-refractivity contribution in [2.24, 2.45) is 5.92 Å². The molecule has 0 radical (unpaired) electrons. The number of aliphatic hydroxyl groups is 1. The van der Waals surface area contributed by atoms with E-state index in [9.17, 15) is 14.3 Å². The Morgan fingerprint density at radius 2 is 1.92 bits per heavy atom. The quantitative estimate of drug-likeness (QED) is 0.829. The Hall–Kier alpha value is -1.62. The molecule has 2 aliphatic rings. The van der Waals surface area contributed by atoms with Gasteiger partial charge in [0.15, 0.2) is 0 Å². The van der Waals surface area contributed by atoms with Gasteiger partial charge in [0.05, 0.1) is 11.8 Å². The molecule has 5 heteroatoms. The molecule has 1 aromatic carbocycles. The number of hydrogen-bond acceptors (Lipinski definition) is 3. The normalized spacial score (nSPS) is 19.4. The molecule has 25 heavy (non-hydrogen) atoms. The van der Waals surface area contributed by atoms with Crippen LogP contribution in [0.4, 0.5) is 10.1 Å². The molecule has 0 unspecified atom stereocenters. The van der Waals surface area contributed by atoms with Gasteiger partial charge in [-0.15, -0.1) is 0 Å². The lowest BCUT2D eigenvalue weighted by Gasteiger charge is -2.31. The van der Waals surface area contributed by atoms with Gasteiger partial charge in [0.25, 0.3) is 0 Å². The Kier molecular flexibility index (Phi) is 6.29. The number of rotatable bonds is 6. The monoisotopic (exact) mass is 348 g/mol. The molecule has 1 heterocycles. The first-order valence-electron chi connectivity index (χ1n) is 9.60. The van der Waals surface area contributed by atoms with E-state index in [0.717, 1.165) is 12.0 Å². The second kappa shape index (κ2) is 8.65. The van der Waals surface area contributed by atoms with E-state index in [0.29, 0.717) is 50.5 Å². The van der Waals surface area contributed by atoms with Gasteiger partial charge >= 0.3 is 0 Å². The molecule has 2 N–H and O–H groups in total. The number of carbonyl (C=O) groups is 1. The zero-order valence-corrected chi connectivity index (χ0v) is 14.8. The van der Waals surface area contributed by atoms with Crippen LogP contribution in [-0.2, 0) is 11.3 Å². The molecule has 1 saturated carbocycles. The Balaban J connectivity index is 1.46. The third-order valence-corrected chi connectivity index (χ3v) is 5.56. The maximum atomic E-state index is 14.4. The number of hydrogen-bond donors (Lipinski definition) is 2. The Labute approximate surface area is 149 Å².